The summed E-state index contributed by atoms with van der Waals surface area (Å²) in [5, 5.41) is 22.6. The minimum atomic E-state index is -0.717. The maximum Gasteiger partial charge on any atom is 0.319 e. The molecule has 8 rings (SSSR count). The highest BCUT2D eigenvalue weighted by Gasteiger charge is 2.51. The fraction of sp³-hybridized carbons (Fsp3) is 0.595. The third-order valence-corrected chi connectivity index (χ3v) is 13.2. The monoisotopic (exact) mass is 729 g/mol. The quantitative estimate of drug-likeness (QED) is 0.148. The highest BCUT2D eigenvalue weighted by atomic mass is 19.1. The number of pyridine rings is 1. The van der Waals surface area contributed by atoms with E-state index in [-0.39, 0.29) is 40.7 Å². The lowest BCUT2D eigenvalue weighted by atomic mass is 9.69. The Morgan fingerprint density at radius 3 is 2.62 bits per heavy atom. The number of anilines is 1. The molecule has 2 unspecified atom stereocenters. The number of aryl methyl sites for hydroxylation is 1. The largest absolute Gasteiger partial charge is 0.508 e. The highest BCUT2D eigenvalue weighted by molar-refractivity contribution is 6.01. The fourth-order valence-electron chi connectivity index (χ4n) is 10.3. The van der Waals surface area contributed by atoms with Gasteiger partial charge in [-0.2, -0.15) is 9.97 Å². The lowest BCUT2D eigenvalue weighted by Gasteiger charge is -2.51. The van der Waals surface area contributed by atoms with E-state index in [0.717, 1.165) is 64.7 Å². The van der Waals surface area contributed by atoms with Crippen molar-refractivity contribution in [1.82, 2.24) is 19.9 Å². The van der Waals surface area contributed by atoms with Crippen molar-refractivity contribution in [2.75, 3.05) is 44.5 Å². The molecule has 1 spiro atoms. The van der Waals surface area contributed by atoms with Crippen molar-refractivity contribution < 1.29 is 28.5 Å². The average Bonchev–Trinajstić information content (AvgIpc) is 3.82. The molecule has 284 valence electrons. The molecule has 9 nitrogen and oxygen atoms in total. The lowest BCUT2D eigenvalue weighted by Crippen LogP contribution is -2.56. The Morgan fingerprint density at radius 1 is 1.04 bits per heavy atom. The molecule has 0 bridgehead atoms. The van der Waals surface area contributed by atoms with Gasteiger partial charge < -0.3 is 24.6 Å². The number of likely N-dealkylation sites (tertiary alicyclic amines) is 1. The molecule has 4 heterocycles. The molecular formula is C42H53F2N5O4. The van der Waals surface area contributed by atoms with Crippen LogP contribution in [0.2, 0.25) is 0 Å². The van der Waals surface area contributed by atoms with E-state index in [1.807, 2.05) is 6.92 Å². The van der Waals surface area contributed by atoms with Crippen molar-refractivity contribution >= 4 is 27.5 Å². The second kappa shape index (κ2) is 14.9. The molecular weight excluding hydrogens is 676 g/mol. The number of phenolic OH excluding ortho intramolecular Hbond substituents is 1. The van der Waals surface area contributed by atoms with Crippen molar-refractivity contribution in [2.24, 2.45) is 10.8 Å². The van der Waals surface area contributed by atoms with E-state index in [0.29, 0.717) is 64.6 Å². The first-order valence-electron chi connectivity index (χ1n) is 19.9. The van der Waals surface area contributed by atoms with Gasteiger partial charge in [0.15, 0.2) is 5.82 Å². The van der Waals surface area contributed by atoms with Gasteiger partial charge in [-0.25, -0.2) is 8.78 Å². The predicted molar refractivity (Wildman–Crippen MR) is 202 cm³/mol. The van der Waals surface area contributed by atoms with Gasteiger partial charge in [-0.1, -0.05) is 32.8 Å². The zero-order valence-corrected chi connectivity index (χ0v) is 31.2. The number of hydrogen-bond acceptors (Lipinski definition) is 9. The number of aromatic nitrogens is 3. The number of nitrogens with zero attached hydrogens (tertiary/aromatic N) is 5. The molecule has 11 heteroatoms. The number of unbranched alkanes of at least 4 members (excludes halogenated alkanes) is 1. The number of rotatable bonds is 11. The van der Waals surface area contributed by atoms with Crippen LogP contribution in [0.25, 0.3) is 32.9 Å². The maximum atomic E-state index is 17.0. The molecule has 2 N–H and O–H groups in total. The Hall–Kier alpha value is -3.67. The number of phenols is 1. The highest BCUT2D eigenvalue weighted by Crippen LogP contribution is 2.51. The number of ether oxygens (including phenoxy) is 2. The number of piperidine rings is 1. The topological polar surface area (TPSA) is 104 Å². The van der Waals surface area contributed by atoms with Crippen LogP contribution < -0.4 is 9.64 Å². The summed E-state index contributed by atoms with van der Waals surface area (Å²) >= 11 is 0. The molecule has 2 atom stereocenters. The van der Waals surface area contributed by atoms with Gasteiger partial charge in [0.2, 0.25) is 0 Å². The van der Waals surface area contributed by atoms with Crippen LogP contribution in [0.4, 0.5) is 14.6 Å². The molecule has 4 fully saturated rings. The molecule has 2 aliphatic carbocycles. The van der Waals surface area contributed by atoms with E-state index >= 15 is 8.78 Å². The summed E-state index contributed by atoms with van der Waals surface area (Å²) in [7, 11) is 0. The molecule has 0 amide bonds. The second-order valence-electron chi connectivity index (χ2n) is 16.2. The van der Waals surface area contributed by atoms with Gasteiger partial charge >= 0.3 is 6.01 Å². The first-order chi connectivity index (χ1) is 25.8. The number of benzene rings is 2. The van der Waals surface area contributed by atoms with Crippen molar-refractivity contribution in [3.05, 3.63) is 47.7 Å². The van der Waals surface area contributed by atoms with Crippen LogP contribution in [0.5, 0.6) is 11.8 Å². The first kappa shape index (κ1) is 36.3. The van der Waals surface area contributed by atoms with Gasteiger partial charge in [0.1, 0.15) is 35.3 Å². The van der Waals surface area contributed by atoms with Crippen molar-refractivity contribution in [3.8, 4) is 23.0 Å². The van der Waals surface area contributed by atoms with Gasteiger partial charge in [-0.05, 0) is 117 Å². The van der Waals surface area contributed by atoms with Crippen LogP contribution in [0.1, 0.15) is 96.5 Å². The van der Waals surface area contributed by atoms with E-state index in [1.165, 1.54) is 50.4 Å². The van der Waals surface area contributed by atoms with Crippen LogP contribution >= 0.6 is 0 Å². The molecule has 4 aliphatic rings. The van der Waals surface area contributed by atoms with Crippen molar-refractivity contribution in [2.45, 2.75) is 109 Å². The molecule has 0 radical (unpaired) electrons. The van der Waals surface area contributed by atoms with E-state index in [4.69, 9.17) is 19.4 Å². The zero-order valence-electron chi connectivity index (χ0n) is 31.2. The van der Waals surface area contributed by atoms with Crippen molar-refractivity contribution in [1.29, 1.82) is 0 Å². The van der Waals surface area contributed by atoms with Crippen LogP contribution in [0.3, 0.4) is 0 Å². The smallest absolute Gasteiger partial charge is 0.319 e. The molecule has 2 aliphatic heterocycles. The lowest BCUT2D eigenvalue weighted by molar-refractivity contribution is -0.0405. The Labute approximate surface area is 310 Å². The van der Waals surface area contributed by atoms with Crippen LogP contribution in [0.15, 0.2) is 30.5 Å². The Balaban J connectivity index is 1.15. The Bertz CT molecular complexity index is 1960. The normalized spacial score (nSPS) is 26.1. The molecule has 2 saturated heterocycles. The molecule has 4 aromatic rings. The van der Waals surface area contributed by atoms with Gasteiger partial charge in [0.05, 0.1) is 18.6 Å². The average molecular weight is 730 g/mol. The summed E-state index contributed by atoms with van der Waals surface area (Å²) in [6, 6.07) is 7.01. The number of halogens is 2. The van der Waals surface area contributed by atoms with E-state index in [1.54, 1.807) is 17.0 Å². The predicted octanol–water partition coefficient (Wildman–Crippen LogP) is 8.31. The summed E-state index contributed by atoms with van der Waals surface area (Å²) < 4.78 is 44.5. The standard InChI is InChI=1S/C42H53F2N5O4/c1-3-5-18-48(26-50)39-32-23-45-37(31-22-29(51)21-27-9-10-33(43)30(4-2)35(27)31)36(44)38(32)46-40(47-39)53-25-42-13-6-8-34(42)49(19-7-14-42)28-11-15-41(16-12-28)17-20-52-24-41/h9-10,21-23,28,34,50-51H,3-8,11-20,24-26H2,1-2H3. The maximum absolute atomic E-state index is 17.0. The van der Waals surface area contributed by atoms with E-state index in [2.05, 4.69) is 16.8 Å². The first-order valence-corrected chi connectivity index (χ1v) is 19.9. The van der Waals surface area contributed by atoms with Crippen LogP contribution in [-0.2, 0) is 11.2 Å². The van der Waals surface area contributed by atoms with Crippen LogP contribution in [-0.4, -0.2) is 81.8 Å². The summed E-state index contributed by atoms with van der Waals surface area (Å²) in [4.78, 5) is 18.6. The third-order valence-electron chi connectivity index (χ3n) is 13.2. The minimum Gasteiger partial charge on any atom is -0.508 e. The van der Waals surface area contributed by atoms with E-state index < -0.39 is 11.6 Å². The Morgan fingerprint density at radius 2 is 1.87 bits per heavy atom. The molecule has 53 heavy (non-hydrogen) atoms. The number of hydrogen-bond donors (Lipinski definition) is 2. The number of aliphatic hydroxyl groups is 1. The molecule has 2 aromatic heterocycles. The summed E-state index contributed by atoms with van der Waals surface area (Å²) in [6.07, 6.45) is 15.3. The van der Waals surface area contributed by atoms with Crippen molar-refractivity contribution in [3.63, 3.8) is 0 Å². The summed E-state index contributed by atoms with van der Waals surface area (Å²) in [5.74, 6) is -0.832. The van der Waals surface area contributed by atoms with Crippen LogP contribution in [0, 0.1) is 22.5 Å². The third kappa shape index (κ3) is 6.60. The summed E-state index contributed by atoms with van der Waals surface area (Å²) in [6.45, 7) is 7.48. The SMILES string of the molecule is CCCCN(CO)c1nc(OCC23CCCC2N(C2CCC4(CCOC4)CC2)CCC3)nc2c(F)c(-c3cc(O)cc4ccc(F)c(CC)c34)ncc12. The number of fused-ring (bicyclic) bond motifs is 3. The molecule has 2 aromatic carbocycles. The molecule has 2 saturated carbocycles. The number of aliphatic hydroxyl groups excluding tert-OH is 1. The second-order valence-corrected chi connectivity index (χ2v) is 16.2. The van der Waals surface area contributed by atoms with Gasteiger partial charge in [-0.3, -0.25) is 9.88 Å². The van der Waals surface area contributed by atoms with E-state index in [9.17, 15) is 10.2 Å². The fourth-order valence-corrected chi connectivity index (χ4v) is 10.3. The van der Waals surface area contributed by atoms with Gasteiger partial charge in [0, 0.05) is 42.4 Å². The van der Waals surface area contributed by atoms with Gasteiger partial charge in [0.25, 0.3) is 0 Å². The number of aromatic hydroxyl groups is 1. The summed E-state index contributed by atoms with van der Waals surface area (Å²) in [5.41, 5.74) is 1.02. The van der Waals surface area contributed by atoms with Gasteiger partial charge in [-0.15, -0.1) is 0 Å². The zero-order chi connectivity index (χ0) is 36.7. The minimum absolute atomic E-state index is 0.00802. The Kier molecular flexibility index (Phi) is 10.2.